The lowest BCUT2D eigenvalue weighted by molar-refractivity contribution is -0.148. The van der Waals surface area contributed by atoms with Crippen LogP contribution in [0.1, 0.15) is 32.3 Å². The lowest BCUT2D eigenvalue weighted by Gasteiger charge is -2.31. The minimum absolute atomic E-state index is 0.0966. The number of likely N-dealkylation sites (tertiary alicyclic amines) is 1. The van der Waals surface area contributed by atoms with E-state index in [2.05, 4.69) is 0 Å². The Balaban J connectivity index is 2.17. The fraction of sp³-hybridized carbons (Fsp3) is 0.500. The quantitative estimate of drug-likeness (QED) is 0.869. The third-order valence-corrected chi connectivity index (χ3v) is 5.14. The Morgan fingerprint density at radius 2 is 2.00 bits per heavy atom. The molecule has 1 atom stereocenters. The van der Waals surface area contributed by atoms with Crippen LogP contribution in [-0.4, -0.2) is 39.2 Å². The van der Waals surface area contributed by atoms with Gasteiger partial charge < -0.3 is 10.0 Å². The largest absolute Gasteiger partial charge is 0.480 e. The summed E-state index contributed by atoms with van der Waals surface area (Å²) in [7, 11) is 0. The van der Waals surface area contributed by atoms with Gasteiger partial charge in [0, 0.05) is 11.4 Å². The Morgan fingerprint density at radius 3 is 2.62 bits per heavy atom. The number of rotatable bonds is 4. The first-order valence-electron chi connectivity index (χ1n) is 7.11. The lowest BCUT2D eigenvalue weighted by Crippen LogP contribution is -2.48. The number of aryl methyl sites for hydroxylation is 1. The van der Waals surface area contributed by atoms with E-state index in [9.17, 15) is 14.7 Å². The van der Waals surface area contributed by atoms with Crippen molar-refractivity contribution in [3.8, 4) is 0 Å². The van der Waals surface area contributed by atoms with Gasteiger partial charge in [-0.05, 0) is 45.2 Å². The Hall–Kier alpha value is -1.49. The molecule has 2 rings (SSSR count). The summed E-state index contributed by atoms with van der Waals surface area (Å²) in [4.78, 5) is 26.6. The van der Waals surface area contributed by atoms with Gasteiger partial charge in [0.25, 0.3) is 0 Å². The van der Waals surface area contributed by atoms with E-state index in [-0.39, 0.29) is 5.91 Å². The second kappa shape index (κ2) is 6.10. The van der Waals surface area contributed by atoms with Crippen LogP contribution in [0.3, 0.4) is 0 Å². The summed E-state index contributed by atoms with van der Waals surface area (Å²) in [6.45, 7) is 6.28. The molecule has 1 amide bonds. The number of benzene rings is 1. The number of hydrogen-bond acceptors (Lipinski definition) is 3. The average Bonchev–Trinajstić information content (AvgIpc) is 2.89. The summed E-state index contributed by atoms with van der Waals surface area (Å²) in [5.41, 5.74) is 1.12. The Morgan fingerprint density at radius 1 is 1.33 bits per heavy atom. The zero-order valence-electron chi connectivity index (χ0n) is 12.6. The van der Waals surface area contributed by atoms with Crippen LogP contribution in [0.15, 0.2) is 29.2 Å². The van der Waals surface area contributed by atoms with Crippen molar-refractivity contribution in [2.75, 3.05) is 6.54 Å². The van der Waals surface area contributed by atoms with E-state index in [1.807, 2.05) is 45.0 Å². The number of thioether (sulfide) groups is 1. The van der Waals surface area contributed by atoms with Crippen molar-refractivity contribution >= 4 is 23.6 Å². The van der Waals surface area contributed by atoms with Crippen molar-refractivity contribution in [3.63, 3.8) is 0 Å². The van der Waals surface area contributed by atoms with Crippen LogP contribution in [-0.2, 0) is 9.59 Å². The van der Waals surface area contributed by atoms with Gasteiger partial charge in [-0.15, -0.1) is 11.8 Å². The summed E-state index contributed by atoms with van der Waals surface area (Å²) < 4.78 is -0.676. The van der Waals surface area contributed by atoms with Crippen molar-refractivity contribution in [1.82, 2.24) is 4.90 Å². The highest BCUT2D eigenvalue weighted by Gasteiger charge is 2.41. The lowest BCUT2D eigenvalue weighted by atomic mass is 10.1. The smallest absolute Gasteiger partial charge is 0.326 e. The first kappa shape index (κ1) is 15.9. The number of amides is 1. The van der Waals surface area contributed by atoms with E-state index in [1.165, 1.54) is 16.7 Å². The standard InChI is InChI=1S/C16H21NO3S/c1-11-7-4-5-9-13(11)21-16(2,3)15(20)17-10-6-8-12(17)14(18)19/h4-5,7,9,12H,6,8,10H2,1-3H3,(H,18,19). The van der Waals surface area contributed by atoms with Crippen molar-refractivity contribution in [2.45, 2.75) is 49.3 Å². The van der Waals surface area contributed by atoms with Gasteiger partial charge in [-0.3, -0.25) is 4.79 Å². The molecule has 0 saturated carbocycles. The fourth-order valence-electron chi connectivity index (χ4n) is 2.60. The van der Waals surface area contributed by atoms with E-state index in [0.29, 0.717) is 13.0 Å². The molecule has 1 aromatic carbocycles. The summed E-state index contributed by atoms with van der Waals surface area (Å²) in [6, 6.07) is 7.25. The van der Waals surface area contributed by atoms with E-state index in [1.54, 1.807) is 0 Å². The van der Waals surface area contributed by atoms with E-state index in [4.69, 9.17) is 0 Å². The van der Waals surface area contributed by atoms with Gasteiger partial charge in [0.15, 0.2) is 0 Å². The van der Waals surface area contributed by atoms with Gasteiger partial charge >= 0.3 is 5.97 Å². The molecule has 21 heavy (non-hydrogen) atoms. The molecule has 1 aliphatic heterocycles. The highest BCUT2D eigenvalue weighted by Crippen LogP contribution is 2.37. The van der Waals surface area contributed by atoms with Crippen molar-refractivity contribution < 1.29 is 14.7 Å². The predicted octanol–water partition coefficient (Wildman–Crippen LogP) is 2.94. The number of aliphatic carboxylic acids is 1. The van der Waals surface area contributed by atoms with Gasteiger partial charge in [-0.1, -0.05) is 18.2 Å². The van der Waals surface area contributed by atoms with Crippen LogP contribution >= 0.6 is 11.8 Å². The normalized spacial score (nSPS) is 18.8. The van der Waals surface area contributed by atoms with Gasteiger partial charge in [0.2, 0.25) is 5.91 Å². The van der Waals surface area contributed by atoms with Gasteiger partial charge in [-0.25, -0.2) is 4.79 Å². The fourth-order valence-corrected chi connectivity index (χ4v) is 3.73. The second-order valence-corrected chi connectivity index (χ2v) is 7.54. The molecule has 1 fully saturated rings. The Bertz CT molecular complexity index is 556. The molecule has 114 valence electrons. The molecule has 0 spiro atoms. The molecule has 1 unspecified atom stereocenters. The van der Waals surface area contributed by atoms with Crippen LogP contribution in [0.25, 0.3) is 0 Å². The van der Waals surface area contributed by atoms with Crippen LogP contribution in [0.5, 0.6) is 0 Å². The SMILES string of the molecule is Cc1ccccc1SC(C)(C)C(=O)N1CCCC1C(=O)O. The average molecular weight is 307 g/mol. The second-order valence-electron chi connectivity index (χ2n) is 5.87. The Labute approximate surface area is 129 Å². The molecule has 0 aromatic heterocycles. The third-order valence-electron chi connectivity index (χ3n) is 3.77. The summed E-state index contributed by atoms with van der Waals surface area (Å²) in [5.74, 6) is -1.00. The highest BCUT2D eigenvalue weighted by atomic mass is 32.2. The monoisotopic (exact) mass is 307 g/mol. The molecule has 0 bridgehead atoms. The molecule has 0 aliphatic carbocycles. The van der Waals surface area contributed by atoms with E-state index < -0.39 is 16.8 Å². The van der Waals surface area contributed by atoms with Crippen molar-refractivity contribution in [2.24, 2.45) is 0 Å². The number of nitrogens with zero attached hydrogens (tertiary/aromatic N) is 1. The zero-order valence-corrected chi connectivity index (χ0v) is 13.4. The maximum atomic E-state index is 12.7. The van der Waals surface area contributed by atoms with Crippen LogP contribution < -0.4 is 0 Å². The van der Waals surface area contributed by atoms with Gasteiger partial charge in [0.05, 0.1) is 4.75 Å². The maximum absolute atomic E-state index is 12.7. The molecule has 1 saturated heterocycles. The first-order chi connectivity index (χ1) is 9.83. The molecular weight excluding hydrogens is 286 g/mol. The first-order valence-corrected chi connectivity index (χ1v) is 7.93. The summed E-state index contributed by atoms with van der Waals surface area (Å²) in [5, 5.41) is 9.23. The zero-order chi connectivity index (χ0) is 15.6. The number of carboxylic acids is 1. The summed E-state index contributed by atoms with van der Waals surface area (Å²) >= 11 is 1.50. The molecule has 5 heteroatoms. The molecule has 1 aliphatic rings. The molecule has 4 nitrogen and oxygen atoms in total. The number of hydrogen-bond donors (Lipinski definition) is 1. The van der Waals surface area contributed by atoms with E-state index >= 15 is 0 Å². The Kier molecular flexibility index (Phi) is 4.61. The third kappa shape index (κ3) is 3.40. The summed E-state index contributed by atoms with van der Waals surface area (Å²) in [6.07, 6.45) is 1.31. The van der Waals surface area contributed by atoms with Crippen LogP contribution in [0.4, 0.5) is 0 Å². The van der Waals surface area contributed by atoms with Gasteiger partial charge in [-0.2, -0.15) is 0 Å². The highest BCUT2D eigenvalue weighted by molar-refractivity contribution is 8.01. The molecular formula is C16H21NO3S. The molecule has 0 radical (unpaired) electrons. The molecule has 1 N–H and O–H groups in total. The number of carboxylic acid groups (broad SMARTS) is 1. The van der Waals surface area contributed by atoms with E-state index in [0.717, 1.165) is 16.9 Å². The van der Waals surface area contributed by atoms with Crippen molar-refractivity contribution in [3.05, 3.63) is 29.8 Å². The number of carbonyl (C=O) groups excluding carboxylic acids is 1. The van der Waals surface area contributed by atoms with Crippen molar-refractivity contribution in [1.29, 1.82) is 0 Å². The number of carbonyl (C=O) groups is 2. The molecule has 1 heterocycles. The molecule has 1 aromatic rings. The minimum atomic E-state index is -0.905. The minimum Gasteiger partial charge on any atom is -0.480 e. The van der Waals surface area contributed by atoms with Crippen LogP contribution in [0, 0.1) is 6.92 Å². The predicted molar refractivity (Wildman–Crippen MR) is 83.5 cm³/mol. The van der Waals surface area contributed by atoms with Crippen LogP contribution in [0.2, 0.25) is 0 Å². The van der Waals surface area contributed by atoms with Gasteiger partial charge in [0.1, 0.15) is 6.04 Å². The topological polar surface area (TPSA) is 57.6 Å². The maximum Gasteiger partial charge on any atom is 0.326 e.